The van der Waals surface area contributed by atoms with Gasteiger partial charge in [0.05, 0.1) is 0 Å². The summed E-state index contributed by atoms with van der Waals surface area (Å²) in [6, 6.07) is 14.8. The maximum Gasteiger partial charge on any atom is 0.261 e. The fourth-order valence-electron chi connectivity index (χ4n) is 2.91. The van der Waals surface area contributed by atoms with E-state index in [-0.39, 0.29) is 18.4 Å². The number of halogens is 1. The van der Waals surface area contributed by atoms with Gasteiger partial charge in [-0.25, -0.2) is 0 Å². The highest BCUT2D eigenvalue weighted by Crippen LogP contribution is 2.19. The molecule has 6 heteroatoms. The van der Waals surface area contributed by atoms with E-state index in [1.54, 1.807) is 11.8 Å². The summed E-state index contributed by atoms with van der Waals surface area (Å²) < 4.78 is 6.63. The average molecular weight is 461 g/mol. The Morgan fingerprint density at radius 1 is 1.10 bits per heavy atom. The molecule has 0 saturated heterocycles. The standard InChI is InChI=1S/C23H29BrN2O3/c1-5-25-23(28)17(4)26(14-18-7-6-8-20(24)13-18)22(27)15-29-21-11-9-19(10-12-21)16(2)3/h6-13,16-17H,5,14-15H2,1-4H3,(H,25,28)/t17-/m0/s1. The second-order valence-electron chi connectivity index (χ2n) is 7.23. The molecule has 156 valence electrons. The van der Waals surface area contributed by atoms with E-state index in [2.05, 4.69) is 35.1 Å². The predicted octanol–water partition coefficient (Wildman–Crippen LogP) is 4.50. The van der Waals surface area contributed by atoms with Crippen LogP contribution in [0.2, 0.25) is 0 Å². The summed E-state index contributed by atoms with van der Waals surface area (Å²) in [5.74, 6) is 0.647. The number of hydrogen-bond donors (Lipinski definition) is 1. The molecule has 0 aliphatic heterocycles. The van der Waals surface area contributed by atoms with Gasteiger partial charge in [0.25, 0.3) is 5.91 Å². The van der Waals surface area contributed by atoms with Gasteiger partial charge in [-0.05, 0) is 55.2 Å². The molecule has 0 saturated carbocycles. The zero-order chi connectivity index (χ0) is 21.4. The van der Waals surface area contributed by atoms with Gasteiger partial charge in [-0.3, -0.25) is 9.59 Å². The fourth-order valence-corrected chi connectivity index (χ4v) is 3.36. The molecule has 0 unspecified atom stereocenters. The Morgan fingerprint density at radius 2 is 1.79 bits per heavy atom. The topological polar surface area (TPSA) is 58.6 Å². The molecule has 2 aromatic carbocycles. The van der Waals surface area contributed by atoms with E-state index < -0.39 is 6.04 Å². The van der Waals surface area contributed by atoms with Crippen molar-refractivity contribution < 1.29 is 14.3 Å². The summed E-state index contributed by atoms with van der Waals surface area (Å²) in [7, 11) is 0. The van der Waals surface area contributed by atoms with Crippen molar-refractivity contribution in [3.63, 3.8) is 0 Å². The van der Waals surface area contributed by atoms with Crippen LogP contribution in [0.1, 0.15) is 44.7 Å². The molecule has 2 rings (SSSR count). The third kappa shape index (κ3) is 6.89. The van der Waals surface area contributed by atoms with Crippen LogP contribution in [0.15, 0.2) is 53.0 Å². The largest absolute Gasteiger partial charge is 0.484 e. The molecular weight excluding hydrogens is 432 g/mol. The number of rotatable bonds is 9. The first-order valence-corrected chi connectivity index (χ1v) is 10.7. The molecule has 1 atom stereocenters. The van der Waals surface area contributed by atoms with Crippen LogP contribution in [0, 0.1) is 0 Å². The normalized spacial score (nSPS) is 11.8. The summed E-state index contributed by atoms with van der Waals surface area (Å²) in [6.07, 6.45) is 0. The Bertz CT molecular complexity index is 821. The molecule has 0 bridgehead atoms. The lowest BCUT2D eigenvalue weighted by atomic mass is 10.0. The monoisotopic (exact) mass is 460 g/mol. The highest BCUT2D eigenvalue weighted by Gasteiger charge is 2.26. The molecule has 29 heavy (non-hydrogen) atoms. The number of hydrogen-bond acceptors (Lipinski definition) is 3. The number of carbonyl (C=O) groups is 2. The molecule has 2 amide bonds. The van der Waals surface area contributed by atoms with Crippen LogP contribution in [0.4, 0.5) is 0 Å². The summed E-state index contributed by atoms with van der Waals surface area (Å²) in [4.78, 5) is 26.9. The first-order valence-electron chi connectivity index (χ1n) is 9.86. The second-order valence-corrected chi connectivity index (χ2v) is 8.15. The minimum absolute atomic E-state index is 0.126. The van der Waals surface area contributed by atoms with Crippen LogP contribution in [-0.2, 0) is 16.1 Å². The van der Waals surface area contributed by atoms with Gasteiger partial charge in [-0.2, -0.15) is 0 Å². The molecule has 0 aromatic heterocycles. The van der Waals surface area contributed by atoms with Gasteiger partial charge in [-0.15, -0.1) is 0 Å². The molecule has 0 spiro atoms. The number of amides is 2. The SMILES string of the molecule is CCNC(=O)[C@H](C)N(Cc1cccc(Br)c1)C(=O)COc1ccc(C(C)C)cc1. The number of carbonyl (C=O) groups excluding carboxylic acids is 2. The fraction of sp³-hybridized carbons (Fsp3) is 0.391. The first kappa shape index (κ1) is 22.9. The zero-order valence-electron chi connectivity index (χ0n) is 17.4. The molecule has 0 fully saturated rings. The van der Waals surface area contributed by atoms with Crippen molar-refractivity contribution in [2.24, 2.45) is 0 Å². The number of benzene rings is 2. The van der Waals surface area contributed by atoms with E-state index in [4.69, 9.17) is 4.74 Å². The van der Waals surface area contributed by atoms with E-state index in [1.165, 1.54) is 5.56 Å². The molecule has 0 radical (unpaired) electrons. The Morgan fingerprint density at radius 3 is 2.38 bits per heavy atom. The molecule has 5 nitrogen and oxygen atoms in total. The molecular formula is C23H29BrN2O3. The van der Waals surface area contributed by atoms with E-state index >= 15 is 0 Å². The van der Waals surface area contributed by atoms with Crippen molar-refractivity contribution in [2.75, 3.05) is 13.2 Å². The number of nitrogens with zero attached hydrogens (tertiary/aromatic N) is 1. The minimum Gasteiger partial charge on any atom is -0.484 e. The van der Waals surface area contributed by atoms with Crippen LogP contribution < -0.4 is 10.1 Å². The van der Waals surface area contributed by atoms with Crippen molar-refractivity contribution in [1.29, 1.82) is 0 Å². The number of nitrogens with one attached hydrogen (secondary N) is 1. The highest BCUT2D eigenvalue weighted by molar-refractivity contribution is 9.10. The lowest BCUT2D eigenvalue weighted by Gasteiger charge is -2.28. The van der Waals surface area contributed by atoms with Gasteiger partial charge in [0.2, 0.25) is 5.91 Å². The predicted molar refractivity (Wildman–Crippen MR) is 119 cm³/mol. The smallest absolute Gasteiger partial charge is 0.261 e. The van der Waals surface area contributed by atoms with Crippen molar-refractivity contribution in [3.05, 3.63) is 64.1 Å². The zero-order valence-corrected chi connectivity index (χ0v) is 19.0. The average Bonchev–Trinajstić information content (AvgIpc) is 2.70. The lowest BCUT2D eigenvalue weighted by molar-refractivity contribution is -0.142. The lowest BCUT2D eigenvalue weighted by Crippen LogP contribution is -2.49. The summed E-state index contributed by atoms with van der Waals surface area (Å²) >= 11 is 3.45. The van der Waals surface area contributed by atoms with Crippen molar-refractivity contribution in [1.82, 2.24) is 10.2 Å². The van der Waals surface area contributed by atoms with Crippen molar-refractivity contribution in [2.45, 2.75) is 46.2 Å². The van der Waals surface area contributed by atoms with E-state index in [0.29, 0.717) is 24.8 Å². The Labute approximate surface area is 181 Å². The van der Waals surface area contributed by atoms with Gasteiger partial charge in [0.15, 0.2) is 6.61 Å². The maximum absolute atomic E-state index is 12.9. The Hall–Kier alpha value is -2.34. The van der Waals surface area contributed by atoms with Crippen LogP contribution in [0.3, 0.4) is 0 Å². The number of likely N-dealkylation sites (N-methyl/N-ethyl adjacent to an activating group) is 1. The summed E-state index contributed by atoms with van der Waals surface area (Å²) in [5, 5.41) is 2.79. The van der Waals surface area contributed by atoms with Gasteiger partial charge in [0.1, 0.15) is 11.8 Å². The van der Waals surface area contributed by atoms with E-state index in [9.17, 15) is 9.59 Å². The van der Waals surface area contributed by atoms with Gasteiger partial charge in [0, 0.05) is 17.6 Å². The van der Waals surface area contributed by atoms with Gasteiger partial charge < -0.3 is 15.0 Å². The van der Waals surface area contributed by atoms with Crippen LogP contribution >= 0.6 is 15.9 Å². The molecule has 0 aliphatic rings. The minimum atomic E-state index is -0.603. The Kier molecular flexibility index (Phi) is 8.70. The summed E-state index contributed by atoms with van der Waals surface area (Å²) in [6.45, 7) is 8.56. The van der Waals surface area contributed by atoms with Crippen molar-refractivity contribution in [3.8, 4) is 5.75 Å². The molecule has 0 aliphatic carbocycles. The quantitative estimate of drug-likeness (QED) is 0.598. The van der Waals surface area contributed by atoms with Crippen LogP contribution in [0.5, 0.6) is 5.75 Å². The molecule has 2 aromatic rings. The van der Waals surface area contributed by atoms with Crippen molar-refractivity contribution >= 4 is 27.7 Å². The van der Waals surface area contributed by atoms with Gasteiger partial charge >= 0.3 is 0 Å². The first-order chi connectivity index (χ1) is 13.8. The van der Waals surface area contributed by atoms with Crippen LogP contribution in [-0.4, -0.2) is 35.9 Å². The number of ether oxygens (including phenoxy) is 1. The third-order valence-corrected chi connectivity index (χ3v) is 5.16. The molecule has 1 N–H and O–H groups in total. The third-order valence-electron chi connectivity index (χ3n) is 4.67. The van der Waals surface area contributed by atoms with Crippen LogP contribution in [0.25, 0.3) is 0 Å². The van der Waals surface area contributed by atoms with E-state index in [1.807, 2.05) is 55.5 Å². The summed E-state index contributed by atoms with van der Waals surface area (Å²) in [5.41, 5.74) is 2.15. The molecule has 0 heterocycles. The van der Waals surface area contributed by atoms with E-state index in [0.717, 1.165) is 10.0 Å². The second kappa shape index (κ2) is 11.0. The Balaban J connectivity index is 2.11. The van der Waals surface area contributed by atoms with Gasteiger partial charge in [-0.1, -0.05) is 54.0 Å². The highest BCUT2D eigenvalue weighted by atomic mass is 79.9. The maximum atomic E-state index is 12.9.